The maximum absolute atomic E-state index is 13.3. The number of ketones is 1. The Morgan fingerprint density at radius 3 is 2.50 bits per heavy atom. The molecule has 182 valence electrons. The van der Waals surface area contributed by atoms with Crippen molar-refractivity contribution in [3.05, 3.63) is 106 Å². The first-order chi connectivity index (χ1) is 17.5. The number of carbonyl (C=O) groups excluding carboxylic acids is 2. The molecule has 4 aromatic rings. The number of H-pyrrole nitrogens is 1. The number of halogens is 1. The summed E-state index contributed by atoms with van der Waals surface area (Å²) in [6, 6.07) is 21.0. The second-order valence-corrected chi connectivity index (χ2v) is 8.99. The van der Waals surface area contributed by atoms with Gasteiger partial charge in [0.25, 0.3) is 11.7 Å². The number of aliphatic hydroxyl groups excluding tert-OH is 1. The Bertz CT molecular complexity index is 1470. The minimum Gasteiger partial charge on any atom is -0.507 e. The molecule has 7 heteroatoms. The molecule has 1 saturated heterocycles. The van der Waals surface area contributed by atoms with Crippen molar-refractivity contribution in [3.8, 4) is 5.75 Å². The third-order valence-corrected chi connectivity index (χ3v) is 6.82. The number of likely N-dealkylation sites (tertiary alicyclic amines) is 1. The van der Waals surface area contributed by atoms with E-state index in [0.29, 0.717) is 34.9 Å². The van der Waals surface area contributed by atoms with Crippen LogP contribution in [-0.2, 0) is 16.0 Å². The Labute approximate surface area is 213 Å². The smallest absolute Gasteiger partial charge is 0.295 e. The SMILES string of the molecule is CCOc1ccc(/C(O)=C2/C(=O)C(=O)N(CCc3c[nH]c4ccccc34)C2c2ccccc2Cl)cc1. The summed E-state index contributed by atoms with van der Waals surface area (Å²) in [5, 5.41) is 12.7. The fourth-order valence-corrected chi connectivity index (χ4v) is 4.98. The van der Waals surface area contributed by atoms with Crippen molar-refractivity contribution >= 4 is 40.0 Å². The number of carbonyl (C=O) groups is 2. The number of benzene rings is 3. The Hall–Kier alpha value is -4.03. The quantitative estimate of drug-likeness (QED) is 0.188. The van der Waals surface area contributed by atoms with Gasteiger partial charge in [0.05, 0.1) is 18.2 Å². The predicted molar refractivity (Wildman–Crippen MR) is 140 cm³/mol. The summed E-state index contributed by atoms with van der Waals surface area (Å²) >= 11 is 6.54. The van der Waals surface area contributed by atoms with Crippen molar-refractivity contribution in [1.29, 1.82) is 0 Å². The van der Waals surface area contributed by atoms with Gasteiger partial charge in [-0.15, -0.1) is 0 Å². The first kappa shape index (κ1) is 23.7. The summed E-state index contributed by atoms with van der Waals surface area (Å²) in [7, 11) is 0. The molecule has 1 fully saturated rings. The van der Waals surface area contributed by atoms with Crippen LogP contribution in [0.3, 0.4) is 0 Å². The normalized spacial score (nSPS) is 17.2. The summed E-state index contributed by atoms with van der Waals surface area (Å²) < 4.78 is 5.48. The number of fused-ring (bicyclic) bond motifs is 1. The number of hydrogen-bond donors (Lipinski definition) is 2. The molecule has 1 unspecified atom stereocenters. The molecule has 3 aromatic carbocycles. The van der Waals surface area contributed by atoms with Crippen LogP contribution >= 0.6 is 11.6 Å². The lowest BCUT2D eigenvalue weighted by Crippen LogP contribution is -2.31. The molecule has 0 radical (unpaired) electrons. The van der Waals surface area contributed by atoms with Crippen molar-refractivity contribution in [3.63, 3.8) is 0 Å². The second-order valence-electron chi connectivity index (χ2n) is 8.58. The summed E-state index contributed by atoms with van der Waals surface area (Å²) in [5.41, 5.74) is 3.08. The molecule has 36 heavy (non-hydrogen) atoms. The lowest BCUT2D eigenvalue weighted by Gasteiger charge is -2.26. The van der Waals surface area contributed by atoms with E-state index >= 15 is 0 Å². The Morgan fingerprint density at radius 2 is 1.75 bits per heavy atom. The monoisotopic (exact) mass is 500 g/mol. The van der Waals surface area contributed by atoms with Gasteiger partial charge in [0.1, 0.15) is 11.5 Å². The number of rotatable bonds is 7. The topological polar surface area (TPSA) is 82.6 Å². The van der Waals surface area contributed by atoms with Crippen molar-refractivity contribution in [2.24, 2.45) is 0 Å². The molecule has 0 aliphatic carbocycles. The van der Waals surface area contributed by atoms with Crippen LogP contribution in [0.2, 0.25) is 5.02 Å². The van der Waals surface area contributed by atoms with Crippen molar-refractivity contribution in [1.82, 2.24) is 9.88 Å². The van der Waals surface area contributed by atoms with E-state index in [1.54, 1.807) is 48.5 Å². The number of nitrogens with one attached hydrogen (secondary N) is 1. The fraction of sp³-hybridized carbons (Fsp3) is 0.172. The van der Waals surface area contributed by atoms with Crippen molar-refractivity contribution in [2.75, 3.05) is 13.2 Å². The largest absolute Gasteiger partial charge is 0.507 e. The van der Waals surface area contributed by atoms with E-state index in [4.69, 9.17) is 16.3 Å². The van der Waals surface area contributed by atoms with Crippen LogP contribution in [0.5, 0.6) is 5.75 Å². The summed E-state index contributed by atoms with van der Waals surface area (Å²) in [6.07, 6.45) is 2.45. The molecule has 1 aromatic heterocycles. The van der Waals surface area contributed by atoms with Gasteiger partial charge in [0.2, 0.25) is 0 Å². The molecule has 2 heterocycles. The van der Waals surface area contributed by atoms with Crippen LogP contribution in [-0.4, -0.2) is 39.8 Å². The Morgan fingerprint density at radius 1 is 1.03 bits per heavy atom. The number of aromatic amines is 1. The van der Waals surface area contributed by atoms with E-state index in [1.807, 2.05) is 37.4 Å². The molecule has 5 rings (SSSR count). The number of nitrogens with zero attached hydrogens (tertiary/aromatic N) is 1. The third kappa shape index (κ3) is 4.25. The number of amides is 1. The van der Waals surface area contributed by atoms with Gasteiger partial charge in [-0.1, -0.05) is 48.0 Å². The summed E-state index contributed by atoms with van der Waals surface area (Å²) in [6.45, 7) is 2.68. The molecule has 0 saturated carbocycles. The van der Waals surface area contributed by atoms with Crippen LogP contribution in [0, 0.1) is 0 Å². The zero-order valence-corrected chi connectivity index (χ0v) is 20.5. The van der Waals surface area contributed by atoms with Gasteiger partial charge < -0.3 is 19.7 Å². The summed E-state index contributed by atoms with van der Waals surface area (Å²) in [5.74, 6) is -0.982. The summed E-state index contributed by atoms with van der Waals surface area (Å²) in [4.78, 5) is 31.3. The molecular formula is C29H25ClN2O4. The molecule has 1 aliphatic heterocycles. The maximum atomic E-state index is 13.3. The van der Waals surface area contributed by atoms with Gasteiger partial charge in [-0.3, -0.25) is 9.59 Å². The van der Waals surface area contributed by atoms with Gasteiger partial charge in [-0.25, -0.2) is 0 Å². The molecular weight excluding hydrogens is 476 g/mol. The molecule has 1 atom stereocenters. The number of aromatic nitrogens is 1. The number of hydrogen-bond acceptors (Lipinski definition) is 4. The number of Topliss-reactive ketones (excluding diaryl/α,β-unsaturated/α-hetero) is 1. The van der Waals surface area contributed by atoms with Crippen molar-refractivity contribution < 1.29 is 19.4 Å². The molecule has 2 N–H and O–H groups in total. The highest BCUT2D eigenvalue weighted by Crippen LogP contribution is 2.42. The second kappa shape index (κ2) is 9.91. The van der Waals surface area contributed by atoms with Crippen molar-refractivity contribution in [2.45, 2.75) is 19.4 Å². The average Bonchev–Trinajstić information content (AvgIpc) is 3.42. The van der Waals surface area contributed by atoms with E-state index in [0.717, 1.165) is 16.5 Å². The molecule has 0 spiro atoms. The van der Waals surface area contributed by atoms with E-state index in [1.165, 1.54) is 4.90 Å². The third-order valence-electron chi connectivity index (χ3n) is 6.48. The highest BCUT2D eigenvalue weighted by atomic mass is 35.5. The van der Waals surface area contributed by atoms with Crippen LogP contribution < -0.4 is 4.74 Å². The number of ether oxygens (including phenoxy) is 1. The average molecular weight is 501 g/mol. The molecule has 1 aliphatic rings. The number of para-hydroxylation sites is 1. The van der Waals surface area contributed by atoms with Gasteiger partial charge in [0, 0.05) is 34.2 Å². The maximum Gasteiger partial charge on any atom is 0.295 e. The van der Waals surface area contributed by atoms with Crippen LogP contribution in [0.4, 0.5) is 0 Å². The van der Waals surface area contributed by atoms with E-state index in [-0.39, 0.29) is 17.9 Å². The minimum atomic E-state index is -0.810. The number of aliphatic hydroxyl groups is 1. The minimum absolute atomic E-state index is 0.0242. The predicted octanol–water partition coefficient (Wildman–Crippen LogP) is 5.88. The van der Waals surface area contributed by atoms with Crippen LogP contribution in [0.25, 0.3) is 16.7 Å². The standard InChI is InChI=1S/C29H25ClN2O4/c1-2-36-20-13-11-18(12-14-20)27(33)25-26(22-8-3-5-9-23(22)30)32(29(35)28(25)34)16-15-19-17-31-24-10-6-4-7-21(19)24/h3-14,17,26,31,33H,2,15-16H2,1H3/b27-25-. The fourth-order valence-electron chi connectivity index (χ4n) is 4.74. The van der Waals surface area contributed by atoms with Gasteiger partial charge in [0.15, 0.2) is 0 Å². The first-order valence-electron chi connectivity index (χ1n) is 11.8. The zero-order valence-electron chi connectivity index (χ0n) is 19.7. The van der Waals surface area contributed by atoms with E-state index in [2.05, 4.69) is 4.98 Å². The highest BCUT2D eigenvalue weighted by molar-refractivity contribution is 6.47. The molecule has 6 nitrogen and oxygen atoms in total. The van der Waals surface area contributed by atoms with Gasteiger partial charge in [-0.2, -0.15) is 0 Å². The van der Waals surface area contributed by atoms with E-state index < -0.39 is 17.7 Å². The lowest BCUT2D eigenvalue weighted by molar-refractivity contribution is -0.139. The Kier molecular flexibility index (Phi) is 6.53. The van der Waals surface area contributed by atoms with Gasteiger partial charge >= 0.3 is 0 Å². The lowest BCUT2D eigenvalue weighted by atomic mass is 9.95. The first-order valence-corrected chi connectivity index (χ1v) is 12.2. The van der Waals surface area contributed by atoms with E-state index in [9.17, 15) is 14.7 Å². The zero-order chi connectivity index (χ0) is 25.2. The molecule has 0 bridgehead atoms. The van der Waals surface area contributed by atoms with Crippen LogP contribution in [0.15, 0.2) is 84.6 Å². The highest BCUT2D eigenvalue weighted by Gasteiger charge is 2.46. The van der Waals surface area contributed by atoms with Gasteiger partial charge in [-0.05, 0) is 60.9 Å². The Balaban J connectivity index is 1.55. The van der Waals surface area contributed by atoms with Crippen LogP contribution in [0.1, 0.15) is 29.7 Å². The molecule has 1 amide bonds.